The van der Waals surface area contributed by atoms with Crippen molar-refractivity contribution in [1.29, 1.82) is 0 Å². The molecule has 0 atom stereocenters. The highest BCUT2D eigenvalue weighted by Crippen LogP contribution is 2.14. The van der Waals surface area contributed by atoms with Gasteiger partial charge in [-0.25, -0.2) is 0 Å². The Morgan fingerprint density at radius 2 is 1.64 bits per heavy atom. The first-order chi connectivity index (χ1) is 10.7. The van der Waals surface area contributed by atoms with E-state index in [4.69, 9.17) is 8.83 Å². The maximum atomic E-state index is 12.3. The SMILES string of the molecule is CCc1ccc(C(=O)N2CCN(C(=O)c3ccco3)CC2)o1. The van der Waals surface area contributed by atoms with Gasteiger partial charge in [-0.2, -0.15) is 0 Å². The van der Waals surface area contributed by atoms with Crippen LogP contribution < -0.4 is 0 Å². The van der Waals surface area contributed by atoms with Crippen LogP contribution >= 0.6 is 0 Å². The standard InChI is InChI=1S/C16H18N2O4/c1-2-12-5-6-14(22-12)16(20)18-9-7-17(8-10-18)15(19)13-4-3-11-21-13/h3-6,11H,2,7-10H2,1H3. The molecule has 2 aromatic rings. The molecule has 0 bridgehead atoms. The molecular weight excluding hydrogens is 284 g/mol. The van der Waals surface area contributed by atoms with Crippen LogP contribution in [0.1, 0.15) is 33.8 Å². The molecule has 0 aliphatic carbocycles. The van der Waals surface area contributed by atoms with Gasteiger partial charge in [0.05, 0.1) is 6.26 Å². The number of carbonyl (C=O) groups is 2. The molecule has 1 saturated heterocycles. The van der Waals surface area contributed by atoms with E-state index in [0.717, 1.165) is 12.2 Å². The van der Waals surface area contributed by atoms with Gasteiger partial charge < -0.3 is 18.6 Å². The van der Waals surface area contributed by atoms with E-state index in [9.17, 15) is 9.59 Å². The van der Waals surface area contributed by atoms with Crippen molar-refractivity contribution in [3.63, 3.8) is 0 Å². The Morgan fingerprint density at radius 1 is 1.00 bits per heavy atom. The summed E-state index contributed by atoms with van der Waals surface area (Å²) in [7, 11) is 0. The van der Waals surface area contributed by atoms with Crippen molar-refractivity contribution in [3.8, 4) is 0 Å². The van der Waals surface area contributed by atoms with Gasteiger partial charge in [-0.3, -0.25) is 9.59 Å². The van der Waals surface area contributed by atoms with Crippen LogP contribution in [0.4, 0.5) is 0 Å². The van der Waals surface area contributed by atoms with Gasteiger partial charge in [0.1, 0.15) is 5.76 Å². The monoisotopic (exact) mass is 302 g/mol. The van der Waals surface area contributed by atoms with Gasteiger partial charge in [0.15, 0.2) is 11.5 Å². The average molecular weight is 302 g/mol. The fraction of sp³-hybridized carbons (Fsp3) is 0.375. The molecule has 0 spiro atoms. The molecule has 1 aliphatic heterocycles. The molecular formula is C16H18N2O4. The van der Waals surface area contributed by atoms with E-state index in [-0.39, 0.29) is 11.8 Å². The molecule has 116 valence electrons. The lowest BCUT2D eigenvalue weighted by molar-refractivity contribution is 0.0501. The Labute approximate surface area is 128 Å². The summed E-state index contributed by atoms with van der Waals surface area (Å²) < 4.78 is 10.6. The second-order valence-corrected chi connectivity index (χ2v) is 5.18. The molecule has 0 unspecified atom stereocenters. The third-order valence-corrected chi connectivity index (χ3v) is 3.81. The van der Waals surface area contributed by atoms with Crippen molar-refractivity contribution < 1.29 is 18.4 Å². The second-order valence-electron chi connectivity index (χ2n) is 5.18. The summed E-state index contributed by atoms with van der Waals surface area (Å²) in [6.07, 6.45) is 2.24. The third-order valence-electron chi connectivity index (χ3n) is 3.81. The maximum Gasteiger partial charge on any atom is 0.289 e. The highest BCUT2D eigenvalue weighted by atomic mass is 16.4. The molecule has 0 N–H and O–H groups in total. The van der Waals surface area contributed by atoms with Crippen LogP contribution in [-0.2, 0) is 6.42 Å². The normalized spacial score (nSPS) is 15.1. The average Bonchev–Trinajstić information content (AvgIpc) is 3.25. The Kier molecular flexibility index (Phi) is 4.00. The van der Waals surface area contributed by atoms with E-state index in [1.54, 1.807) is 28.0 Å². The quantitative estimate of drug-likeness (QED) is 0.870. The van der Waals surface area contributed by atoms with Crippen molar-refractivity contribution in [3.05, 3.63) is 47.8 Å². The lowest BCUT2D eigenvalue weighted by Gasteiger charge is -2.33. The summed E-state index contributed by atoms with van der Waals surface area (Å²) in [5, 5.41) is 0. The van der Waals surface area contributed by atoms with Crippen LogP contribution in [0.25, 0.3) is 0 Å². The zero-order chi connectivity index (χ0) is 15.5. The van der Waals surface area contributed by atoms with Crippen LogP contribution in [0.2, 0.25) is 0 Å². The van der Waals surface area contributed by atoms with Gasteiger partial charge in [0.2, 0.25) is 0 Å². The van der Waals surface area contributed by atoms with Crippen LogP contribution in [-0.4, -0.2) is 47.8 Å². The number of nitrogens with zero attached hydrogens (tertiary/aromatic N) is 2. The summed E-state index contributed by atoms with van der Waals surface area (Å²) in [5.74, 6) is 1.24. The molecule has 6 nitrogen and oxygen atoms in total. The Balaban J connectivity index is 1.59. The number of carbonyl (C=O) groups excluding carboxylic acids is 2. The predicted octanol–water partition coefficient (Wildman–Crippen LogP) is 2.03. The Hall–Kier alpha value is -2.50. The number of hydrogen-bond donors (Lipinski definition) is 0. The van der Waals surface area contributed by atoms with Gasteiger partial charge >= 0.3 is 0 Å². The molecule has 3 rings (SSSR count). The molecule has 0 saturated carbocycles. The number of hydrogen-bond acceptors (Lipinski definition) is 4. The van der Waals surface area contributed by atoms with E-state index in [0.29, 0.717) is 37.7 Å². The minimum atomic E-state index is -0.136. The van der Waals surface area contributed by atoms with Gasteiger partial charge in [0, 0.05) is 32.6 Å². The fourth-order valence-corrected chi connectivity index (χ4v) is 2.51. The topological polar surface area (TPSA) is 66.9 Å². The number of piperazine rings is 1. The fourth-order valence-electron chi connectivity index (χ4n) is 2.51. The number of furan rings is 2. The van der Waals surface area contributed by atoms with Gasteiger partial charge in [-0.15, -0.1) is 0 Å². The van der Waals surface area contributed by atoms with E-state index < -0.39 is 0 Å². The molecule has 1 aliphatic rings. The van der Waals surface area contributed by atoms with Gasteiger partial charge in [-0.05, 0) is 24.3 Å². The van der Waals surface area contributed by atoms with Crippen LogP contribution in [0.15, 0.2) is 39.4 Å². The summed E-state index contributed by atoms with van der Waals surface area (Å²) in [6, 6.07) is 6.87. The van der Waals surface area contributed by atoms with Crippen LogP contribution in [0.5, 0.6) is 0 Å². The van der Waals surface area contributed by atoms with E-state index in [1.165, 1.54) is 6.26 Å². The van der Waals surface area contributed by atoms with E-state index in [2.05, 4.69) is 0 Å². The van der Waals surface area contributed by atoms with Crippen molar-refractivity contribution in [2.75, 3.05) is 26.2 Å². The molecule has 0 aromatic carbocycles. The van der Waals surface area contributed by atoms with Crippen molar-refractivity contribution in [2.24, 2.45) is 0 Å². The van der Waals surface area contributed by atoms with Crippen LogP contribution in [0.3, 0.4) is 0 Å². The van der Waals surface area contributed by atoms with Crippen molar-refractivity contribution in [1.82, 2.24) is 9.80 Å². The maximum absolute atomic E-state index is 12.3. The first kappa shape index (κ1) is 14.4. The Bertz CT molecular complexity index is 652. The minimum Gasteiger partial charge on any atom is -0.459 e. The zero-order valence-electron chi connectivity index (χ0n) is 12.4. The molecule has 1 fully saturated rings. The highest BCUT2D eigenvalue weighted by molar-refractivity contribution is 5.93. The molecule has 2 aromatic heterocycles. The lowest BCUT2D eigenvalue weighted by atomic mass is 10.2. The van der Waals surface area contributed by atoms with Crippen molar-refractivity contribution in [2.45, 2.75) is 13.3 Å². The summed E-state index contributed by atoms with van der Waals surface area (Å²) >= 11 is 0. The Morgan fingerprint density at radius 3 is 2.14 bits per heavy atom. The predicted molar refractivity (Wildman–Crippen MR) is 78.6 cm³/mol. The third kappa shape index (κ3) is 2.77. The van der Waals surface area contributed by atoms with Gasteiger partial charge in [-0.1, -0.05) is 6.92 Å². The second kappa shape index (κ2) is 6.09. The van der Waals surface area contributed by atoms with Crippen molar-refractivity contribution >= 4 is 11.8 Å². The zero-order valence-corrected chi connectivity index (χ0v) is 12.4. The molecule has 0 radical (unpaired) electrons. The molecule has 22 heavy (non-hydrogen) atoms. The number of amides is 2. The largest absolute Gasteiger partial charge is 0.459 e. The lowest BCUT2D eigenvalue weighted by Crippen LogP contribution is -2.50. The number of aryl methyl sites for hydroxylation is 1. The minimum absolute atomic E-state index is 0.121. The number of rotatable bonds is 3. The van der Waals surface area contributed by atoms with Crippen LogP contribution in [0, 0.1) is 0 Å². The molecule has 6 heteroatoms. The van der Waals surface area contributed by atoms with Gasteiger partial charge in [0.25, 0.3) is 11.8 Å². The summed E-state index contributed by atoms with van der Waals surface area (Å²) in [6.45, 7) is 3.95. The van der Waals surface area contributed by atoms with E-state index in [1.807, 2.05) is 13.0 Å². The smallest absolute Gasteiger partial charge is 0.289 e. The first-order valence-corrected chi connectivity index (χ1v) is 7.40. The summed E-state index contributed by atoms with van der Waals surface area (Å²) in [4.78, 5) is 27.9. The molecule has 2 amide bonds. The molecule has 3 heterocycles. The summed E-state index contributed by atoms with van der Waals surface area (Å²) in [5.41, 5.74) is 0. The van der Waals surface area contributed by atoms with E-state index >= 15 is 0 Å². The first-order valence-electron chi connectivity index (χ1n) is 7.40. The highest BCUT2D eigenvalue weighted by Gasteiger charge is 2.27.